The Morgan fingerprint density at radius 2 is 1.73 bits per heavy atom. The molecule has 4 rings (SSSR count). The minimum absolute atomic E-state index is 0.304. The van der Waals surface area contributed by atoms with E-state index in [4.69, 9.17) is 20.1 Å². The van der Waals surface area contributed by atoms with Crippen LogP contribution in [-0.4, -0.2) is 73.7 Å². The number of nitrogens with zero attached hydrogens (tertiary/aromatic N) is 7. The lowest BCUT2D eigenvalue weighted by Gasteiger charge is -2.36. The van der Waals surface area contributed by atoms with Crippen LogP contribution in [0.3, 0.4) is 0 Å². The van der Waals surface area contributed by atoms with E-state index in [1.807, 2.05) is 22.8 Å². The zero-order valence-corrected chi connectivity index (χ0v) is 18.7. The smallest absolute Gasteiger partial charge is 0.332 e. The minimum atomic E-state index is -1.50. The molecular weight excluding hydrogens is 434 g/mol. The number of imidazole rings is 1. The Morgan fingerprint density at radius 3 is 2.36 bits per heavy atom. The van der Waals surface area contributed by atoms with Gasteiger partial charge in [-0.2, -0.15) is 0 Å². The minimum Gasteiger partial charge on any atom is -0.495 e. The summed E-state index contributed by atoms with van der Waals surface area (Å²) in [7, 11) is 4.83. The van der Waals surface area contributed by atoms with Crippen LogP contribution in [0, 0.1) is 10.1 Å². The van der Waals surface area contributed by atoms with E-state index < -0.39 is 5.09 Å². The molecule has 0 spiro atoms. The number of para-hydroxylation sites is 2. The molecule has 1 aromatic carbocycles. The van der Waals surface area contributed by atoms with Crippen LogP contribution in [0.5, 0.6) is 5.75 Å². The van der Waals surface area contributed by atoms with Crippen molar-refractivity contribution in [1.29, 1.82) is 0 Å². The van der Waals surface area contributed by atoms with Gasteiger partial charge in [0, 0.05) is 53.4 Å². The molecule has 3 aromatic rings. The highest BCUT2D eigenvalue weighted by Gasteiger charge is 2.20. The molecule has 0 amide bonds. The van der Waals surface area contributed by atoms with Gasteiger partial charge in [-0.1, -0.05) is 12.1 Å². The fourth-order valence-electron chi connectivity index (χ4n) is 3.92. The number of hydrogen-bond donors (Lipinski definition) is 1. The summed E-state index contributed by atoms with van der Waals surface area (Å²) in [4.78, 5) is 42.0. The Balaban J connectivity index is 0.000000709. The summed E-state index contributed by atoms with van der Waals surface area (Å²) in [6.07, 6.45) is 1.65. The fourth-order valence-corrected chi connectivity index (χ4v) is 3.92. The third-order valence-electron chi connectivity index (χ3n) is 5.67. The lowest BCUT2D eigenvalue weighted by molar-refractivity contribution is -0.742. The van der Waals surface area contributed by atoms with E-state index in [1.54, 1.807) is 20.5 Å². The number of benzene rings is 1. The Morgan fingerprint density at radius 1 is 1.09 bits per heavy atom. The van der Waals surface area contributed by atoms with Crippen LogP contribution >= 0.6 is 0 Å². The zero-order chi connectivity index (χ0) is 24.1. The molecule has 1 aliphatic heterocycles. The molecular formula is C20H27N7O6. The summed E-state index contributed by atoms with van der Waals surface area (Å²) in [5.74, 6) is 0.896. The number of aromatic nitrogens is 4. The van der Waals surface area contributed by atoms with Crippen molar-refractivity contribution in [3.63, 3.8) is 0 Å². The third kappa shape index (κ3) is 5.14. The number of ether oxygens (including phenoxy) is 1. The number of fused-ring (bicyclic) bond motifs is 1. The van der Waals surface area contributed by atoms with Crippen molar-refractivity contribution in [3.05, 3.63) is 61.5 Å². The first-order valence-corrected chi connectivity index (χ1v) is 10.3. The first-order valence-electron chi connectivity index (χ1n) is 10.3. The molecule has 2 aromatic heterocycles. The van der Waals surface area contributed by atoms with Crippen LogP contribution in [-0.2, 0) is 20.6 Å². The largest absolute Gasteiger partial charge is 0.495 e. The molecule has 0 atom stereocenters. The normalized spacial score (nSPS) is 14.1. The first-order chi connectivity index (χ1) is 15.7. The monoisotopic (exact) mass is 461 g/mol. The lowest BCUT2D eigenvalue weighted by atomic mass is 10.2. The summed E-state index contributed by atoms with van der Waals surface area (Å²) in [5.41, 5.74) is 1.36. The van der Waals surface area contributed by atoms with Crippen molar-refractivity contribution < 1.29 is 15.0 Å². The van der Waals surface area contributed by atoms with Gasteiger partial charge in [-0.05, 0) is 12.1 Å². The summed E-state index contributed by atoms with van der Waals surface area (Å²) in [5, 5.41) is 13.6. The van der Waals surface area contributed by atoms with Gasteiger partial charge in [0.1, 0.15) is 5.75 Å². The molecule has 1 fully saturated rings. The van der Waals surface area contributed by atoms with Gasteiger partial charge in [0.05, 0.1) is 19.1 Å². The maximum atomic E-state index is 12.6. The van der Waals surface area contributed by atoms with Gasteiger partial charge in [0.15, 0.2) is 11.2 Å². The van der Waals surface area contributed by atoms with E-state index >= 15 is 0 Å². The molecule has 0 bridgehead atoms. The van der Waals surface area contributed by atoms with E-state index in [0.717, 1.165) is 48.7 Å². The fraction of sp³-hybridized carbons (Fsp3) is 0.450. The number of methoxy groups -OCH3 is 1. The van der Waals surface area contributed by atoms with Crippen LogP contribution in [0.1, 0.15) is 0 Å². The van der Waals surface area contributed by atoms with Crippen LogP contribution in [0.15, 0.2) is 40.2 Å². The number of anilines is 1. The van der Waals surface area contributed by atoms with E-state index in [-0.39, 0.29) is 11.2 Å². The maximum Gasteiger partial charge on any atom is 0.332 e. The molecule has 0 unspecified atom stereocenters. The molecule has 0 radical (unpaired) electrons. The molecule has 13 nitrogen and oxygen atoms in total. The van der Waals surface area contributed by atoms with Crippen LogP contribution < -0.4 is 20.9 Å². The Kier molecular flexibility index (Phi) is 7.33. The second kappa shape index (κ2) is 10.2. The van der Waals surface area contributed by atoms with Gasteiger partial charge in [-0.25, -0.2) is 9.78 Å². The van der Waals surface area contributed by atoms with Crippen molar-refractivity contribution in [3.8, 4) is 5.75 Å². The van der Waals surface area contributed by atoms with Gasteiger partial charge in [-0.3, -0.25) is 18.8 Å². The number of piperazine rings is 1. The average molecular weight is 461 g/mol. The molecule has 1 N–H and O–H groups in total. The molecule has 0 saturated carbocycles. The molecule has 13 heteroatoms. The van der Waals surface area contributed by atoms with Crippen LogP contribution in [0.25, 0.3) is 11.2 Å². The molecule has 178 valence electrons. The maximum absolute atomic E-state index is 12.6. The predicted octanol–water partition coefficient (Wildman–Crippen LogP) is -0.0832. The average Bonchev–Trinajstić information content (AvgIpc) is 3.24. The Bertz CT molecular complexity index is 1240. The van der Waals surface area contributed by atoms with Gasteiger partial charge < -0.3 is 19.4 Å². The lowest BCUT2D eigenvalue weighted by Crippen LogP contribution is -2.47. The topological polar surface area (TPSA) is 141 Å². The van der Waals surface area contributed by atoms with Crippen molar-refractivity contribution >= 4 is 16.9 Å². The van der Waals surface area contributed by atoms with Gasteiger partial charge in [0.25, 0.3) is 10.6 Å². The number of rotatable bonds is 5. The summed E-state index contributed by atoms with van der Waals surface area (Å²) >= 11 is 0. The summed E-state index contributed by atoms with van der Waals surface area (Å²) < 4.78 is 9.88. The highest BCUT2D eigenvalue weighted by molar-refractivity contribution is 5.69. The Labute approximate surface area is 188 Å². The molecule has 3 heterocycles. The van der Waals surface area contributed by atoms with Crippen LogP contribution in [0.2, 0.25) is 0 Å². The second-order valence-corrected chi connectivity index (χ2v) is 7.55. The molecule has 33 heavy (non-hydrogen) atoms. The van der Waals surface area contributed by atoms with E-state index in [2.05, 4.69) is 20.9 Å². The quantitative estimate of drug-likeness (QED) is 0.408. The van der Waals surface area contributed by atoms with E-state index in [9.17, 15) is 9.59 Å². The molecule has 0 aliphatic carbocycles. The highest BCUT2D eigenvalue weighted by Crippen LogP contribution is 2.28. The van der Waals surface area contributed by atoms with Gasteiger partial charge in [-0.15, -0.1) is 10.1 Å². The Hall–Kier alpha value is -3.87. The van der Waals surface area contributed by atoms with Crippen molar-refractivity contribution in [2.45, 2.75) is 6.54 Å². The summed E-state index contributed by atoms with van der Waals surface area (Å²) in [6, 6.07) is 8.09. The first kappa shape index (κ1) is 23.8. The van der Waals surface area contributed by atoms with Crippen LogP contribution in [0.4, 0.5) is 5.69 Å². The van der Waals surface area contributed by atoms with Crippen molar-refractivity contribution in [1.82, 2.24) is 23.6 Å². The zero-order valence-electron chi connectivity index (χ0n) is 18.7. The summed E-state index contributed by atoms with van der Waals surface area (Å²) in [6.45, 7) is 5.17. The third-order valence-corrected chi connectivity index (χ3v) is 5.67. The van der Waals surface area contributed by atoms with Crippen molar-refractivity contribution in [2.24, 2.45) is 14.1 Å². The van der Waals surface area contributed by atoms with Gasteiger partial charge >= 0.3 is 5.69 Å². The second-order valence-electron chi connectivity index (χ2n) is 7.55. The van der Waals surface area contributed by atoms with E-state index in [1.165, 1.54) is 11.6 Å². The highest BCUT2D eigenvalue weighted by atomic mass is 16.9. The standard InChI is InChI=1S/C20H26N6O3.HNO3/c1-22-18-17(19(27)23(2)20(22)28)26(14-21-18)13-10-24-8-11-25(12-9-24)15-6-4-5-7-16(15)29-3;2-1(3)4/h4-7,14H,8-13H2,1-3H3;(H,2,3,4). The number of hydrogen-bond acceptors (Lipinski definition) is 8. The SMILES string of the molecule is COc1ccccc1N1CCN(CCn2cnc3c2c(=O)n(C)c(=O)n3C)CC1.O=[N+]([O-])O. The van der Waals surface area contributed by atoms with Crippen molar-refractivity contribution in [2.75, 3.05) is 44.7 Å². The van der Waals surface area contributed by atoms with E-state index in [0.29, 0.717) is 17.7 Å². The van der Waals surface area contributed by atoms with Gasteiger partial charge in [0.2, 0.25) is 0 Å². The molecule has 1 aliphatic rings. The number of aryl methyl sites for hydroxylation is 1. The molecule has 1 saturated heterocycles. The predicted molar refractivity (Wildman–Crippen MR) is 121 cm³/mol.